The summed E-state index contributed by atoms with van der Waals surface area (Å²) in [5.41, 5.74) is 2.53. The zero-order valence-corrected chi connectivity index (χ0v) is 16.2. The van der Waals surface area contributed by atoms with Gasteiger partial charge in [0.2, 0.25) is 5.91 Å². The predicted molar refractivity (Wildman–Crippen MR) is 111 cm³/mol. The number of hydrogen-bond donors (Lipinski definition) is 2. The molecule has 1 aliphatic heterocycles. The van der Waals surface area contributed by atoms with Crippen LogP contribution in [0.5, 0.6) is 0 Å². The lowest BCUT2D eigenvalue weighted by Gasteiger charge is -2.22. The molecule has 1 aliphatic rings. The van der Waals surface area contributed by atoms with Gasteiger partial charge in [-0.1, -0.05) is 30.3 Å². The van der Waals surface area contributed by atoms with Crippen molar-refractivity contribution in [2.75, 3.05) is 16.8 Å². The van der Waals surface area contributed by atoms with E-state index < -0.39 is 6.04 Å². The third-order valence-corrected chi connectivity index (χ3v) is 7.05. The normalized spacial score (nSPS) is 15.9. The Kier molecular flexibility index (Phi) is 6.63. The summed E-state index contributed by atoms with van der Waals surface area (Å²) in [6.07, 6.45) is 1.25. The minimum absolute atomic E-state index is 0.226. The van der Waals surface area contributed by atoms with Crippen molar-refractivity contribution in [2.24, 2.45) is 0 Å². The first kappa shape index (κ1) is 18.9. The standard InChI is InChI=1S/C20H22N2O2S2/c1-14(21-19(24)15-7-3-2-4-8-15)18(23)22-17-10-5-9-16(13-17)20-25-11-6-12-26-20/h2-5,7-10,13-14,20H,6,11-12H2,1H3,(H,21,24)(H,22,23). The molecule has 1 fully saturated rings. The second-order valence-corrected chi connectivity index (χ2v) is 8.83. The van der Waals surface area contributed by atoms with Crippen LogP contribution < -0.4 is 10.6 Å². The molecule has 26 heavy (non-hydrogen) atoms. The van der Waals surface area contributed by atoms with Gasteiger partial charge in [0.25, 0.3) is 5.91 Å². The molecule has 4 nitrogen and oxygen atoms in total. The highest BCUT2D eigenvalue weighted by molar-refractivity contribution is 8.16. The first-order valence-corrected chi connectivity index (χ1v) is 10.7. The molecule has 6 heteroatoms. The Morgan fingerprint density at radius 3 is 2.50 bits per heavy atom. The summed E-state index contributed by atoms with van der Waals surface area (Å²) < 4.78 is 0.427. The summed E-state index contributed by atoms with van der Waals surface area (Å²) >= 11 is 3.90. The molecule has 0 spiro atoms. The minimum atomic E-state index is -0.621. The van der Waals surface area contributed by atoms with E-state index in [9.17, 15) is 9.59 Å². The van der Waals surface area contributed by atoms with Gasteiger partial charge in [-0.25, -0.2) is 0 Å². The smallest absolute Gasteiger partial charge is 0.251 e. The van der Waals surface area contributed by atoms with Crippen LogP contribution in [0.4, 0.5) is 5.69 Å². The molecule has 0 radical (unpaired) electrons. The van der Waals surface area contributed by atoms with E-state index in [1.807, 2.05) is 47.8 Å². The van der Waals surface area contributed by atoms with Gasteiger partial charge in [0, 0.05) is 11.3 Å². The van der Waals surface area contributed by atoms with Crippen molar-refractivity contribution in [1.82, 2.24) is 5.32 Å². The van der Waals surface area contributed by atoms with E-state index in [-0.39, 0.29) is 11.8 Å². The average Bonchev–Trinajstić information content (AvgIpc) is 2.69. The zero-order valence-electron chi connectivity index (χ0n) is 14.6. The number of carbonyl (C=O) groups excluding carboxylic acids is 2. The molecule has 2 aromatic carbocycles. The van der Waals surface area contributed by atoms with Gasteiger partial charge in [-0.2, -0.15) is 0 Å². The third kappa shape index (κ3) is 5.05. The monoisotopic (exact) mass is 386 g/mol. The fourth-order valence-corrected chi connectivity index (χ4v) is 5.50. The van der Waals surface area contributed by atoms with E-state index in [1.54, 1.807) is 31.2 Å². The Bertz CT molecular complexity index is 761. The molecule has 1 saturated heterocycles. The second-order valence-electron chi connectivity index (χ2n) is 6.10. The first-order chi connectivity index (χ1) is 12.6. The van der Waals surface area contributed by atoms with Gasteiger partial charge in [-0.05, 0) is 54.7 Å². The highest BCUT2D eigenvalue weighted by atomic mass is 32.2. The van der Waals surface area contributed by atoms with Crippen LogP contribution in [0, 0.1) is 0 Å². The van der Waals surface area contributed by atoms with Crippen LogP contribution in [0.3, 0.4) is 0 Å². The average molecular weight is 387 g/mol. The largest absolute Gasteiger partial charge is 0.341 e. The Morgan fingerprint density at radius 2 is 1.77 bits per heavy atom. The number of amides is 2. The molecule has 136 valence electrons. The summed E-state index contributed by atoms with van der Waals surface area (Å²) in [7, 11) is 0. The van der Waals surface area contributed by atoms with Crippen molar-refractivity contribution in [3.05, 3.63) is 65.7 Å². The third-order valence-electron chi connectivity index (χ3n) is 4.03. The van der Waals surface area contributed by atoms with E-state index in [0.29, 0.717) is 10.1 Å². The molecular formula is C20H22N2O2S2. The van der Waals surface area contributed by atoms with Gasteiger partial charge in [0.1, 0.15) is 6.04 Å². The topological polar surface area (TPSA) is 58.2 Å². The first-order valence-electron chi connectivity index (χ1n) is 8.63. The Hall–Kier alpha value is -1.92. The molecule has 0 saturated carbocycles. The van der Waals surface area contributed by atoms with Gasteiger partial charge in [0.15, 0.2) is 0 Å². The van der Waals surface area contributed by atoms with E-state index in [0.717, 1.165) is 5.69 Å². The van der Waals surface area contributed by atoms with Crippen LogP contribution in [-0.4, -0.2) is 29.4 Å². The maximum absolute atomic E-state index is 12.4. The molecule has 1 heterocycles. The Labute approximate surface area is 162 Å². The number of nitrogens with one attached hydrogen (secondary N) is 2. The molecule has 3 rings (SSSR count). The van der Waals surface area contributed by atoms with Gasteiger partial charge in [0.05, 0.1) is 4.58 Å². The lowest BCUT2D eigenvalue weighted by molar-refractivity contribution is -0.117. The van der Waals surface area contributed by atoms with Gasteiger partial charge >= 0.3 is 0 Å². The molecule has 2 aromatic rings. The fourth-order valence-electron chi connectivity index (χ4n) is 2.63. The number of carbonyl (C=O) groups is 2. The molecule has 1 unspecified atom stereocenters. The van der Waals surface area contributed by atoms with Crippen molar-refractivity contribution in [3.8, 4) is 0 Å². The number of anilines is 1. The van der Waals surface area contributed by atoms with Gasteiger partial charge in [-0.3, -0.25) is 9.59 Å². The van der Waals surface area contributed by atoms with E-state index in [1.165, 1.54) is 23.5 Å². The lowest BCUT2D eigenvalue weighted by atomic mass is 10.2. The number of thioether (sulfide) groups is 2. The molecule has 0 bridgehead atoms. The minimum Gasteiger partial charge on any atom is -0.341 e. The van der Waals surface area contributed by atoms with Crippen molar-refractivity contribution in [1.29, 1.82) is 0 Å². The van der Waals surface area contributed by atoms with Crippen molar-refractivity contribution < 1.29 is 9.59 Å². The van der Waals surface area contributed by atoms with Crippen molar-refractivity contribution >= 4 is 41.0 Å². The van der Waals surface area contributed by atoms with E-state index in [4.69, 9.17) is 0 Å². The summed E-state index contributed by atoms with van der Waals surface area (Å²) in [6.45, 7) is 1.69. The Morgan fingerprint density at radius 1 is 1.04 bits per heavy atom. The maximum Gasteiger partial charge on any atom is 0.251 e. The molecule has 2 N–H and O–H groups in total. The number of rotatable bonds is 5. The molecular weight excluding hydrogens is 364 g/mol. The van der Waals surface area contributed by atoms with E-state index in [2.05, 4.69) is 16.7 Å². The van der Waals surface area contributed by atoms with Crippen molar-refractivity contribution in [2.45, 2.75) is 24.0 Å². The summed E-state index contributed by atoms with van der Waals surface area (Å²) in [5, 5.41) is 5.64. The highest BCUT2D eigenvalue weighted by Gasteiger charge is 2.19. The predicted octanol–water partition coefficient (Wildman–Crippen LogP) is 4.31. The van der Waals surface area contributed by atoms with Crippen LogP contribution in [0.15, 0.2) is 54.6 Å². The van der Waals surface area contributed by atoms with Gasteiger partial charge < -0.3 is 10.6 Å². The van der Waals surface area contributed by atoms with Gasteiger partial charge in [-0.15, -0.1) is 23.5 Å². The van der Waals surface area contributed by atoms with Crippen LogP contribution in [0.1, 0.15) is 33.8 Å². The second kappa shape index (κ2) is 9.14. The summed E-state index contributed by atoms with van der Waals surface area (Å²) in [4.78, 5) is 24.6. The van der Waals surface area contributed by atoms with Crippen LogP contribution in [0.25, 0.3) is 0 Å². The van der Waals surface area contributed by atoms with Crippen molar-refractivity contribution in [3.63, 3.8) is 0 Å². The highest BCUT2D eigenvalue weighted by Crippen LogP contribution is 2.44. The zero-order chi connectivity index (χ0) is 18.4. The van der Waals surface area contributed by atoms with Crippen LogP contribution in [0.2, 0.25) is 0 Å². The van der Waals surface area contributed by atoms with E-state index >= 15 is 0 Å². The molecule has 0 aromatic heterocycles. The summed E-state index contributed by atoms with van der Waals surface area (Å²) in [5.74, 6) is 1.88. The SMILES string of the molecule is CC(NC(=O)c1ccccc1)C(=O)Nc1cccc(C2SCCCS2)c1. The fraction of sp³-hybridized carbons (Fsp3) is 0.300. The van der Waals surface area contributed by atoms with Crippen LogP contribution in [-0.2, 0) is 4.79 Å². The summed E-state index contributed by atoms with van der Waals surface area (Å²) in [6, 6.07) is 16.3. The molecule has 0 aliphatic carbocycles. The lowest BCUT2D eigenvalue weighted by Crippen LogP contribution is -2.41. The molecule has 2 amide bonds. The Balaban J connectivity index is 1.59. The quantitative estimate of drug-likeness (QED) is 0.804. The number of benzene rings is 2. The number of hydrogen-bond acceptors (Lipinski definition) is 4. The molecule has 1 atom stereocenters. The van der Waals surface area contributed by atoms with Crippen LogP contribution >= 0.6 is 23.5 Å². The maximum atomic E-state index is 12.4.